The van der Waals surface area contributed by atoms with Crippen LogP contribution in [0, 0.1) is 0 Å². The Balaban J connectivity index is 1.16. The van der Waals surface area contributed by atoms with E-state index in [9.17, 15) is 29.1 Å². The molecule has 1 atom stereocenters. The number of amides is 5. The molecule has 0 aromatic heterocycles. The molecule has 268 valence electrons. The van der Waals surface area contributed by atoms with E-state index >= 15 is 0 Å². The van der Waals surface area contributed by atoms with Crippen LogP contribution in [-0.2, 0) is 15.1 Å². The van der Waals surface area contributed by atoms with Crippen molar-refractivity contribution in [1.29, 1.82) is 0 Å². The van der Waals surface area contributed by atoms with Gasteiger partial charge in [-0.05, 0) is 65.2 Å². The van der Waals surface area contributed by atoms with E-state index in [-0.39, 0.29) is 39.6 Å². The molecule has 12 heteroatoms. The van der Waals surface area contributed by atoms with Gasteiger partial charge in [0.15, 0.2) is 0 Å². The molecular formula is C41H35N3O9. The highest BCUT2D eigenvalue weighted by Crippen LogP contribution is 2.42. The van der Waals surface area contributed by atoms with Crippen LogP contribution in [0.3, 0.4) is 0 Å². The van der Waals surface area contributed by atoms with Gasteiger partial charge in [-0.2, -0.15) is 0 Å². The van der Waals surface area contributed by atoms with Gasteiger partial charge in [-0.3, -0.25) is 33.8 Å². The number of nitrogens with one attached hydrogen (secondary N) is 1. The fraction of sp³-hybridized carbons (Fsp3) is 0.195. The normalized spacial score (nSPS) is 14.4. The molecule has 2 N–H and O–H groups in total. The second kappa shape index (κ2) is 14.0. The van der Waals surface area contributed by atoms with Crippen molar-refractivity contribution in [3.8, 4) is 11.5 Å². The average molecular weight is 714 g/mol. The van der Waals surface area contributed by atoms with Gasteiger partial charge >= 0.3 is 0 Å². The van der Waals surface area contributed by atoms with Gasteiger partial charge in [-0.15, -0.1) is 0 Å². The van der Waals surface area contributed by atoms with Crippen molar-refractivity contribution < 1.29 is 43.3 Å². The molecule has 0 fully saturated rings. The maximum absolute atomic E-state index is 13.7. The SMILES string of the molecule is COc1ccc(C(OCC(CO)NC(=O)CN2C(=O)c3ccc4c5c(ccc(c35)C2=O)C(=O)N(C)C4=O)(c2ccccc2)c2ccc(OC)cc2)cc1. The summed E-state index contributed by atoms with van der Waals surface area (Å²) in [6.07, 6.45) is 0. The van der Waals surface area contributed by atoms with Crippen LogP contribution in [0.4, 0.5) is 0 Å². The minimum atomic E-state index is -1.23. The second-order valence-electron chi connectivity index (χ2n) is 12.7. The zero-order valence-electron chi connectivity index (χ0n) is 29.1. The lowest BCUT2D eigenvalue weighted by molar-refractivity contribution is -0.123. The van der Waals surface area contributed by atoms with E-state index < -0.39 is 54.3 Å². The first-order chi connectivity index (χ1) is 25.6. The van der Waals surface area contributed by atoms with Crippen LogP contribution in [0.1, 0.15) is 58.1 Å². The van der Waals surface area contributed by atoms with E-state index in [1.54, 1.807) is 14.2 Å². The lowest BCUT2D eigenvalue weighted by atomic mass is 9.80. The van der Waals surface area contributed by atoms with Gasteiger partial charge in [0, 0.05) is 40.1 Å². The van der Waals surface area contributed by atoms with Crippen LogP contribution < -0.4 is 14.8 Å². The van der Waals surface area contributed by atoms with Gasteiger partial charge in [0.25, 0.3) is 23.6 Å². The Morgan fingerprint density at radius 3 is 1.53 bits per heavy atom. The molecule has 2 heterocycles. The Morgan fingerprint density at radius 1 is 0.660 bits per heavy atom. The second-order valence-corrected chi connectivity index (χ2v) is 12.7. The summed E-state index contributed by atoms with van der Waals surface area (Å²) < 4.78 is 17.6. The molecule has 2 aliphatic rings. The van der Waals surface area contributed by atoms with E-state index in [1.165, 1.54) is 31.3 Å². The van der Waals surface area contributed by atoms with E-state index in [1.807, 2.05) is 78.9 Å². The summed E-state index contributed by atoms with van der Waals surface area (Å²) in [6, 6.07) is 29.1. The number of ether oxygens (including phenoxy) is 3. The lowest BCUT2D eigenvalue weighted by Crippen LogP contribution is -2.50. The van der Waals surface area contributed by atoms with Crippen LogP contribution in [0.5, 0.6) is 11.5 Å². The Kier molecular flexibility index (Phi) is 9.25. The summed E-state index contributed by atoms with van der Waals surface area (Å²) >= 11 is 0. The molecule has 5 aromatic rings. The van der Waals surface area contributed by atoms with E-state index in [0.717, 1.165) is 26.5 Å². The van der Waals surface area contributed by atoms with Crippen LogP contribution in [-0.4, -0.2) is 91.5 Å². The molecule has 0 bridgehead atoms. The molecule has 2 aliphatic heterocycles. The van der Waals surface area contributed by atoms with Crippen molar-refractivity contribution >= 4 is 40.3 Å². The third kappa shape index (κ3) is 5.87. The first-order valence-corrected chi connectivity index (χ1v) is 16.8. The van der Waals surface area contributed by atoms with Crippen molar-refractivity contribution in [2.45, 2.75) is 11.6 Å². The van der Waals surface area contributed by atoms with E-state index in [2.05, 4.69) is 5.32 Å². The van der Waals surface area contributed by atoms with Crippen molar-refractivity contribution in [1.82, 2.24) is 15.1 Å². The van der Waals surface area contributed by atoms with Crippen LogP contribution >= 0.6 is 0 Å². The van der Waals surface area contributed by atoms with Crippen molar-refractivity contribution in [2.24, 2.45) is 0 Å². The van der Waals surface area contributed by atoms with Gasteiger partial charge < -0.3 is 24.6 Å². The Labute approximate surface area is 304 Å². The Morgan fingerprint density at radius 2 is 1.09 bits per heavy atom. The van der Waals surface area contributed by atoms with E-state index in [4.69, 9.17) is 14.2 Å². The maximum Gasteiger partial charge on any atom is 0.261 e. The minimum Gasteiger partial charge on any atom is -0.497 e. The Bertz CT molecular complexity index is 2150. The van der Waals surface area contributed by atoms with Gasteiger partial charge in [0.05, 0.1) is 33.5 Å². The van der Waals surface area contributed by atoms with E-state index in [0.29, 0.717) is 11.5 Å². The Hall–Kier alpha value is -6.37. The molecule has 7 rings (SSSR count). The zero-order valence-corrected chi connectivity index (χ0v) is 29.1. The van der Waals surface area contributed by atoms with Gasteiger partial charge in [0.1, 0.15) is 23.6 Å². The topological polar surface area (TPSA) is 152 Å². The third-order valence-electron chi connectivity index (χ3n) is 9.74. The first-order valence-electron chi connectivity index (χ1n) is 16.8. The molecule has 0 aliphatic carbocycles. The third-order valence-corrected chi connectivity index (χ3v) is 9.74. The largest absolute Gasteiger partial charge is 0.497 e. The van der Waals surface area contributed by atoms with Gasteiger partial charge in [0.2, 0.25) is 5.91 Å². The number of aliphatic hydroxyl groups excluding tert-OH is 1. The minimum absolute atomic E-state index is 0.0897. The van der Waals surface area contributed by atoms with Crippen LogP contribution in [0.25, 0.3) is 10.8 Å². The molecule has 53 heavy (non-hydrogen) atoms. The summed E-state index contributed by atoms with van der Waals surface area (Å²) in [6.45, 7) is -1.35. The molecule has 0 radical (unpaired) electrons. The molecule has 12 nitrogen and oxygen atoms in total. The number of carbonyl (C=O) groups is 5. The smallest absolute Gasteiger partial charge is 0.261 e. The molecule has 0 saturated carbocycles. The van der Waals surface area contributed by atoms with Crippen LogP contribution in [0.2, 0.25) is 0 Å². The monoisotopic (exact) mass is 713 g/mol. The van der Waals surface area contributed by atoms with Crippen molar-refractivity contribution in [2.75, 3.05) is 41.0 Å². The predicted molar refractivity (Wildman–Crippen MR) is 193 cm³/mol. The molecule has 1 unspecified atom stereocenters. The number of nitrogens with zero attached hydrogens (tertiary/aromatic N) is 2. The first kappa shape index (κ1) is 35.1. The number of methoxy groups -OCH3 is 2. The number of carbonyl (C=O) groups excluding carboxylic acids is 5. The fourth-order valence-electron chi connectivity index (χ4n) is 7.05. The number of benzene rings is 5. The summed E-state index contributed by atoms with van der Waals surface area (Å²) in [5.74, 6) is -2.01. The quantitative estimate of drug-likeness (QED) is 0.143. The number of aliphatic hydroxyl groups is 1. The zero-order chi connectivity index (χ0) is 37.4. The summed E-state index contributed by atoms with van der Waals surface area (Å²) in [7, 11) is 4.52. The maximum atomic E-state index is 13.7. The predicted octanol–water partition coefficient (Wildman–Crippen LogP) is 4.16. The standard InChI is InChI=1S/C41H35N3O9/c1-43-37(47)30-17-19-32-36-33(20-18-31(35(30)36)38(43)48)40(50)44(39(32)49)21-34(46)42-27(22-45)23-53-41(24-7-5-4-6-8-24,25-9-13-28(51-2)14-10-25)26-11-15-29(52-3)16-12-26/h4-20,27,45H,21-23H2,1-3H3,(H,42,46). The summed E-state index contributed by atoms with van der Waals surface area (Å²) in [5.41, 5.74) is 1.63. The highest BCUT2D eigenvalue weighted by atomic mass is 16.5. The lowest BCUT2D eigenvalue weighted by Gasteiger charge is -2.37. The number of rotatable bonds is 12. The highest BCUT2D eigenvalue weighted by molar-refractivity contribution is 6.33. The number of imide groups is 2. The summed E-state index contributed by atoms with van der Waals surface area (Å²) in [4.78, 5) is 68.6. The van der Waals surface area contributed by atoms with Gasteiger partial charge in [-0.1, -0.05) is 54.6 Å². The van der Waals surface area contributed by atoms with Gasteiger partial charge in [-0.25, -0.2) is 0 Å². The number of hydrogen-bond acceptors (Lipinski definition) is 9. The molecule has 5 amide bonds. The molecule has 0 spiro atoms. The van der Waals surface area contributed by atoms with Crippen molar-refractivity contribution in [3.63, 3.8) is 0 Å². The molecule has 5 aromatic carbocycles. The number of hydrogen-bond donors (Lipinski definition) is 2. The fourth-order valence-corrected chi connectivity index (χ4v) is 7.05. The van der Waals surface area contributed by atoms with Crippen LogP contribution in [0.15, 0.2) is 103 Å². The molecule has 0 saturated heterocycles. The highest BCUT2D eigenvalue weighted by Gasteiger charge is 2.41. The average Bonchev–Trinajstić information content (AvgIpc) is 3.20. The summed E-state index contributed by atoms with van der Waals surface area (Å²) in [5, 5.41) is 13.6. The molecular weight excluding hydrogens is 678 g/mol. The van der Waals surface area contributed by atoms with Crippen molar-refractivity contribution in [3.05, 3.63) is 142 Å².